The normalized spacial score (nSPS) is 13.6. The van der Waals surface area contributed by atoms with Crippen molar-refractivity contribution in [3.63, 3.8) is 0 Å². The molecule has 0 saturated heterocycles. The first-order valence-electron chi connectivity index (χ1n) is 9.69. The van der Waals surface area contributed by atoms with E-state index in [1.54, 1.807) is 18.3 Å². The van der Waals surface area contributed by atoms with Gasteiger partial charge in [0.1, 0.15) is 17.9 Å². The van der Waals surface area contributed by atoms with Crippen LogP contribution in [-0.2, 0) is 17.9 Å². The highest BCUT2D eigenvalue weighted by atomic mass is 19.4. The molecule has 31 heavy (non-hydrogen) atoms. The lowest BCUT2D eigenvalue weighted by Gasteiger charge is -2.11. The van der Waals surface area contributed by atoms with E-state index in [0.29, 0.717) is 12.5 Å². The van der Waals surface area contributed by atoms with Gasteiger partial charge in [0, 0.05) is 23.8 Å². The monoisotopic (exact) mass is 438 g/mol. The molecule has 9 heteroatoms. The highest BCUT2D eigenvalue weighted by Crippen LogP contribution is 2.36. The maximum absolute atomic E-state index is 13.0. The molecule has 0 amide bonds. The van der Waals surface area contributed by atoms with Crippen molar-refractivity contribution in [2.45, 2.75) is 46.0 Å². The Morgan fingerprint density at radius 1 is 1.19 bits per heavy atom. The number of hydrogen-bond acceptors (Lipinski definition) is 3. The van der Waals surface area contributed by atoms with Gasteiger partial charge in [0.25, 0.3) is 0 Å². The number of rotatable bonds is 5. The number of alkyl halides is 3. The maximum atomic E-state index is 13.0. The smallest absolute Gasteiger partial charge is 0.475 e. The summed E-state index contributed by atoms with van der Waals surface area (Å²) in [6.07, 6.45) is -0.662. The third kappa shape index (κ3) is 5.53. The third-order valence-corrected chi connectivity index (χ3v) is 5.18. The molecule has 166 valence electrons. The van der Waals surface area contributed by atoms with Gasteiger partial charge in [0.2, 0.25) is 5.88 Å². The Labute approximate surface area is 176 Å². The van der Waals surface area contributed by atoms with E-state index >= 15 is 0 Å². The lowest BCUT2D eigenvalue weighted by atomic mass is 10.2. The lowest BCUT2D eigenvalue weighted by molar-refractivity contribution is -0.192. The molecule has 3 aromatic rings. The van der Waals surface area contributed by atoms with Crippen LogP contribution in [0, 0.1) is 25.6 Å². The summed E-state index contributed by atoms with van der Waals surface area (Å²) in [5, 5.41) is 8.33. The highest BCUT2D eigenvalue weighted by molar-refractivity contribution is 5.88. The van der Waals surface area contributed by atoms with E-state index in [0.717, 1.165) is 23.5 Å². The van der Waals surface area contributed by atoms with Gasteiger partial charge in [0.15, 0.2) is 0 Å². The van der Waals surface area contributed by atoms with Crippen LogP contribution in [0.5, 0.6) is 5.88 Å². The largest absolute Gasteiger partial charge is 0.490 e. The van der Waals surface area contributed by atoms with Crippen molar-refractivity contribution in [1.82, 2.24) is 9.55 Å². The SMILES string of the molecule is Cc1c(C)n(CC2CC2)c2c(OCc3ccc(F)cc3)nccc12.O=C(O)C(F)(F)F. The number of benzene rings is 1. The quantitative estimate of drug-likeness (QED) is 0.541. The summed E-state index contributed by atoms with van der Waals surface area (Å²) in [6, 6.07) is 8.46. The first kappa shape index (κ1) is 22.6. The summed E-state index contributed by atoms with van der Waals surface area (Å²) in [4.78, 5) is 13.4. The van der Waals surface area contributed by atoms with Crippen molar-refractivity contribution in [1.29, 1.82) is 0 Å². The summed E-state index contributed by atoms with van der Waals surface area (Å²) >= 11 is 0. The van der Waals surface area contributed by atoms with E-state index in [2.05, 4.69) is 29.5 Å². The molecule has 1 aliphatic rings. The highest BCUT2D eigenvalue weighted by Gasteiger charge is 2.38. The van der Waals surface area contributed by atoms with Crippen LogP contribution in [0.15, 0.2) is 36.5 Å². The second-order valence-electron chi connectivity index (χ2n) is 7.49. The Morgan fingerprint density at radius 2 is 1.81 bits per heavy atom. The molecule has 1 fully saturated rings. The average Bonchev–Trinajstić information content (AvgIpc) is 3.50. The van der Waals surface area contributed by atoms with Gasteiger partial charge in [0.05, 0.1) is 0 Å². The van der Waals surface area contributed by atoms with Crippen LogP contribution in [0.1, 0.15) is 29.7 Å². The predicted octanol–water partition coefficient (Wildman–Crippen LogP) is 5.41. The van der Waals surface area contributed by atoms with Crippen molar-refractivity contribution in [2.75, 3.05) is 0 Å². The Morgan fingerprint density at radius 3 is 2.35 bits per heavy atom. The number of aromatic nitrogens is 2. The zero-order valence-electron chi connectivity index (χ0n) is 17.0. The molecule has 2 heterocycles. The van der Waals surface area contributed by atoms with Gasteiger partial charge in [-0.3, -0.25) is 0 Å². The molecule has 0 spiro atoms. The first-order valence-corrected chi connectivity index (χ1v) is 9.69. The van der Waals surface area contributed by atoms with Crippen LogP contribution < -0.4 is 4.74 Å². The second kappa shape index (κ2) is 8.95. The first-order chi connectivity index (χ1) is 14.6. The average molecular weight is 438 g/mol. The van der Waals surface area contributed by atoms with Crippen LogP contribution >= 0.6 is 0 Å². The number of hydrogen-bond donors (Lipinski definition) is 1. The summed E-state index contributed by atoms with van der Waals surface area (Å²) in [5.41, 5.74) is 4.60. The number of fused-ring (bicyclic) bond motifs is 1. The number of carbonyl (C=O) groups is 1. The second-order valence-corrected chi connectivity index (χ2v) is 7.49. The summed E-state index contributed by atoms with van der Waals surface area (Å²) < 4.78 is 53.1. The molecule has 1 aliphatic carbocycles. The van der Waals surface area contributed by atoms with Gasteiger partial charge < -0.3 is 14.4 Å². The summed E-state index contributed by atoms with van der Waals surface area (Å²) in [5.74, 6) is -1.55. The number of carboxylic acids is 1. The zero-order chi connectivity index (χ0) is 22.8. The van der Waals surface area contributed by atoms with Gasteiger partial charge >= 0.3 is 12.1 Å². The topological polar surface area (TPSA) is 64.4 Å². The van der Waals surface area contributed by atoms with E-state index < -0.39 is 12.1 Å². The minimum Gasteiger partial charge on any atom is -0.475 e. The van der Waals surface area contributed by atoms with E-state index in [-0.39, 0.29) is 5.82 Å². The van der Waals surface area contributed by atoms with E-state index in [1.165, 1.54) is 41.6 Å². The van der Waals surface area contributed by atoms with Gasteiger partial charge in [-0.15, -0.1) is 0 Å². The Balaban J connectivity index is 0.000000339. The van der Waals surface area contributed by atoms with E-state index in [1.807, 2.05) is 0 Å². The molecule has 0 unspecified atom stereocenters. The van der Waals surface area contributed by atoms with Crippen molar-refractivity contribution < 1.29 is 32.2 Å². The molecular weight excluding hydrogens is 416 g/mol. The van der Waals surface area contributed by atoms with Crippen LogP contribution in [0.2, 0.25) is 0 Å². The zero-order valence-corrected chi connectivity index (χ0v) is 17.0. The number of ether oxygens (including phenoxy) is 1. The van der Waals surface area contributed by atoms with Crippen LogP contribution in [0.3, 0.4) is 0 Å². The fourth-order valence-corrected chi connectivity index (χ4v) is 3.19. The molecule has 5 nitrogen and oxygen atoms in total. The molecule has 1 N–H and O–H groups in total. The minimum atomic E-state index is -5.08. The van der Waals surface area contributed by atoms with Crippen LogP contribution in [-0.4, -0.2) is 26.8 Å². The molecular formula is C22H22F4N2O3. The molecule has 4 rings (SSSR count). The van der Waals surface area contributed by atoms with Gasteiger partial charge in [-0.05, 0) is 61.9 Å². The molecule has 0 radical (unpaired) electrons. The fraction of sp³-hybridized carbons (Fsp3) is 0.364. The van der Waals surface area contributed by atoms with E-state index in [9.17, 15) is 17.6 Å². The number of aryl methyl sites for hydroxylation is 1. The Bertz CT molecular complexity index is 1070. The molecule has 1 aromatic carbocycles. The Hall–Kier alpha value is -3.10. The third-order valence-electron chi connectivity index (χ3n) is 5.18. The number of aliphatic carboxylic acids is 1. The number of pyridine rings is 1. The number of halogens is 4. The minimum absolute atomic E-state index is 0.233. The van der Waals surface area contributed by atoms with Gasteiger partial charge in [-0.25, -0.2) is 14.2 Å². The van der Waals surface area contributed by atoms with Crippen molar-refractivity contribution in [2.24, 2.45) is 5.92 Å². The molecule has 2 aromatic heterocycles. The van der Waals surface area contributed by atoms with Crippen molar-refractivity contribution >= 4 is 16.9 Å². The molecule has 0 bridgehead atoms. The lowest BCUT2D eigenvalue weighted by Crippen LogP contribution is -2.21. The standard InChI is InChI=1S/C20H21FN2O.C2HF3O2/c1-13-14(2)23(11-15-3-4-15)19-18(13)9-10-22-20(19)24-12-16-5-7-17(21)8-6-16;3-2(4,5)1(6)7/h5-10,15H,3-4,11-12H2,1-2H3;(H,6,7). The molecule has 1 saturated carbocycles. The van der Waals surface area contributed by atoms with Crippen LogP contribution in [0.4, 0.5) is 17.6 Å². The number of carboxylic acid groups (broad SMARTS) is 1. The van der Waals surface area contributed by atoms with Crippen LogP contribution in [0.25, 0.3) is 10.9 Å². The van der Waals surface area contributed by atoms with Gasteiger partial charge in [-0.2, -0.15) is 13.2 Å². The Kier molecular flexibility index (Phi) is 6.52. The van der Waals surface area contributed by atoms with Crippen molar-refractivity contribution in [3.05, 3.63) is 59.2 Å². The predicted molar refractivity (Wildman–Crippen MR) is 106 cm³/mol. The molecule has 0 atom stereocenters. The van der Waals surface area contributed by atoms with E-state index in [4.69, 9.17) is 14.6 Å². The molecule has 0 aliphatic heterocycles. The maximum Gasteiger partial charge on any atom is 0.490 e. The summed E-state index contributed by atoms with van der Waals surface area (Å²) in [7, 11) is 0. The fourth-order valence-electron chi connectivity index (χ4n) is 3.19. The number of nitrogens with zero attached hydrogens (tertiary/aromatic N) is 2. The van der Waals surface area contributed by atoms with Crippen molar-refractivity contribution in [3.8, 4) is 5.88 Å². The van der Waals surface area contributed by atoms with Gasteiger partial charge in [-0.1, -0.05) is 12.1 Å². The summed E-state index contributed by atoms with van der Waals surface area (Å²) in [6.45, 7) is 5.75.